The van der Waals surface area contributed by atoms with Gasteiger partial charge in [0.15, 0.2) is 5.13 Å². The number of anilines is 2. The molecule has 0 aromatic carbocycles. The molecule has 0 saturated heterocycles. The molecule has 7 heteroatoms. The number of amides is 1. The van der Waals surface area contributed by atoms with Gasteiger partial charge in [0, 0.05) is 26.2 Å². The van der Waals surface area contributed by atoms with Gasteiger partial charge in [-0.25, -0.2) is 4.98 Å². The van der Waals surface area contributed by atoms with Crippen LogP contribution in [0, 0.1) is 0 Å². The van der Waals surface area contributed by atoms with Gasteiger partial charge >= 0.3 is 0 Å². The zero-order valence-corrected chi connectivity index (χ0v) is 11.0. The largest absolute Gasteiger partial charge is 0.472 e. The van der Waals surface area contributed by atoms with E-state index in [1.807, 2.05) is 19.0 Å². The van der Waals surface area contributed by atoms with Crippen LogP contribution in [0.2, 0.25) is 0 Å². The molecule has 3 N–H and O–H groups in total. The van der Waals surface area contributed by atoms with Gasteiger partial charge in [0.25, 0.3) is 5.91 Å². The monoisotopic (exact) mass is 266 g/mol. The number of nitrogen functional groups attached to an aromatic ring is 1. The first kappa shape index (κ1) is 12.4. The number of nitrogens with two attached hydrogens (primary N) is 1. The van der Waals surface area contributed by atoms with Crippen molar-refractivity contribution in [1.82, 2.24) is 10.3 Å². The molecule has 0 saturated carbocycles. The number of carbonyl (C=O) groups is 1. The summed E-state index contributed by atoms with van der Waals surface area (Å²) in [5.41, 5.74) is 6.62. The first-order chi connectivity index (χ1) is 8.58. The van der Waals surface area contributed by atoms with Gasteiger partial charge in [-0.05, 0) is 6.07 Å². The highest BCUT2D eigenvalue weighted by Crippen LogP contribution is 2.26. The standard InChI is InChI=1S/C11H14N4O2S/c1-15(2)11-14-9(12)8(18-11)10(16)13-5-7-3-4-17-6-7/h3-4,6H,5,12H2,1-2H3,(H,13,16). The summed E-state index contributed by atoms with van der Waals surface area (Å²) in [5.74, 6) is 0.0349. The number of rotatable bonds is 4. The maximum absolute atomic E-state index is 11.9. The van der Waals surface area contributed by atoms with Crippen molar-refractivity contribution in [2.45, 2.75) is 6.54 Å². The molecule has 2 rings (SSSR count). The highest BCUT2D eigenvalue weighted by atomic mass is 32.1. The lowest BCUT2D eigenvalue weighted by molar-refractivity contribution is 0.0955. The Balaban J connectivity index is 2.04. The van der Waals surface area contributed by atoms with Gasteiger partial charge < -0.3 is 20.4 Å². The summed E-state index contributed by atoms with van der Waals surface area (Å²) >= 11 is 1.27. The summed E-state index contributed by atoms with van der Waals surface area (Å²) < 4.78 is 4.92. The number of hydrogen-bond acceptors (Lipinski definition) is 6. The topological polar surface area (TPSA) is 84.4 Å². The molecular weight excluding hydrogens is 252 g/mol. The predicted molar refractivity (Wildman–Crippen MR) is 70.7 cm³/mol. The molecule has 0 radical (unpaired) electrons. The Hall–Kier alpha value is -2.02. The van der Waals surface area contributed by atoms with Crippen LogP contribution in [-0.2, 0) is 6.54 Å². The Bertz CT molecular complexity index is 533. The van der Waals surface area contributed by atoms with Crippen LogP contribution in [0.25, 0.3) is 0 Å². The Morgan fingerprint density at radius 2 is 2.39 bits per heavy atom. The van der Waals surface area contributed by atoms with E-state index >= 15 is 0 Å². The zero-order valence-electron chi connectivity index (χ0n) is 10.1. The van der Waals surface area contributed by atoms with Crippen molar-refractivity contribution in [2.75, 3.05) is 24.7 Å². The molecule has 0 aliphatic heterocycles. The molecule has 2 heterocycles. The van der Waals surface area contributed by atoms with Crippen LogP contribution in [-0.4, -0.2) is 25.0 Å². The fourth-order valence-electron chi connectivity index (χ4n) is 1.33. The predicted octanol–water partition coefficient (Wildman–Crippen LogP) is 1.31. The molecule has 6 nitrogen and oxygen atoms in total. The van der Waals surface area contributed by atoms with E-state index in [9.17, 15) is 4.79 Å². The molecule has 2 aromatic rings. The smallest absolute Gasteiger partial charge is 0.265 e. The fourth-order valence-corrected chi connectivity index (χ4v) is 2.15. The van der Waals surface area contributed by atoms with Crippen LogP contribution < -0.4 is 16.0 Å². The first-order valence-corrected chi connectivity index (χ1v) is 6.12. The minimum absolute atomic E-state index is 0.223. The number of nitrogens with zero attached hydrogens (tertiary/aromatic N) is 2. The number of aromatic nitrogens is 1. The maximum Gasteiger partial charge on any atom is 0.265 e. The van der Waals surface area contributed by atoms with E-state index in [4.69, 9.17) is 10.2 Å². The van der Waals surface area contributed by atoms with E-state index in [1.165, 1.54) is 11.3 Å². The average molecular weight is 266 g/mol. The number of thiazole rings is 1. The van der Waals surface area contributed by atoms with Gasteiger partial charge in [0.05, 0.1) is 12.5 Å². The van der Waals surface area contributed by atoms with Crippen LogP contribution in [0.3, 0.4) is 0 Å². The van der Waals surface area contributed by atoms with Crippen LogP contribution >= 0.6 is 11.3 Å². The number of hydrogen-bond donors (Lipinski definition) is 2. The third-order valence-electron chi connectivity index (χ3n) is 2.26. The highest BCUT2D eigenvalue weighted by Gasteiger charge is 2.16. The second kappa shape index (κ2) is 5.09. The van der Waals surface area contributed by atoms with E-state index in [0.717, 1.165) is 5.56 Å². The normalized spacial score (nSPS) is 10.3. The van der Waals surface area contributed by atoms with Crippen molar-refractivity contribution in [3.8, 4) is 0 Å². The van der Waals surface area contributed by atoms with E-state index in [0.29, 0.717) is 16.6 Å². The van der Waals surface area contributed by atoms with Crippen LogP contribution in [0.4, 0.5) is 10.9 Å². The third kappa shape index (κ3) is 2.62. The minimum Gasteiger partial charge on any atom is -0.472 e. The Labute approximate surface area is 108 Å². The summed E-state index contributed by atoms with van der Waals surface area (Å²) in [6.07, 6.45) is 3.15. The van der Waals surface area contributed by atoms with E-state index in [2.05, 4.69) is 10.3 Å². The van der Waals surface area contributed by atoms with Crippen LogP contribution in [0.5, 0.6) is 0 Å². The van der Waals surface area contributed by atoms with Crippen molar-refractivity contribution < 1.29 is 9.21 Å². The summed E-state index contributed by atoms with van der Waals surface area (Å²) in [6.45, 7) is 0.407. The lowest BCUT2D eigenvalue weighted by Crippen LogP contribution is -2.22. The maximum atomic E-state index is 11.9. The minimum atomic E-state index is -0.223. The van der Waals surface area contributed by atoms with Gasteiger partial charge in [-0.3, -0.25) is 4.79 Å². The third-order valence-corrected chi connectivity index (χ3v) is 3.50. The van der Waals surface area contributed by atoms with E-state index in [-0.39, 0.29) is 11.7 Å². The van der Waals surface area contributed by atoms with Crippen LogP contribution in [0.15, 0.2) is 23.0 Å². The van der Waals surface area contributed by atoms with E-state index < -0.39 is 0 Å². The van der Waals surface area contributed by atoms with Gasteiger partial charge in [-0.2, -0.15) is 0 Å². The summed E-state index contributed by atoms with van der Waals surface area (Å²) in [5, 5.41) is 3.48. The Morgan fingerprint density at radius 3 is 2.94 bits per heavy atom. The molecule has 0 aliphatic carbocycles. The van der Waals surface area contributed by atoms with Crippen molar-refractivity contribution >= 4 is 28.2 Å². The fraction of sp³-hybridized carbons (Fsp3) is 0.273. The molecule has 0 aliphatic rings. The zero-order chi connectivity index (χ0) is 13.1. The Morgan fingerprint density at radius 1 is 1.61 bits per heavy atom. The lowest BCUT2D eigenvalue weighted by Gasteiger charge is -2.05. The van der Waals surface area contributed by atoms with Crippen molar-refractivity contribution in [3.05, 3.63) is 29.0 Å². The highest BCUT2D eigenvalue weighted by molar-refractivity contribution is 7.18. The van der Waals surface area contributed by atoms with Gasteiger partial charge in [0.1, 0.15) is 10.7 Å². The second-order valence-electron chi connectivity index (χ2n) is 3.92. The first-order valence-electron chi connectivity index (χ1n) is 5.31. The molecule has 0 unspecified atom stereocenters. The van der Waals surface area contributed by atoms with Crippen molar-refractivity contribution in [1.29, 1.82) is 0 Å². The number of carbonyl (C=O) groups excluding carboxylic acids is 1. The van der Waals surface area contributed by atoms with Gasteiger partial charge in [-0.1, -0.05) is 11.3 Å². The Kier molecular flexibility index (Phi) is 3.52. The van der Waals surface area contributed by atoms with Crippen LogP contribution in [0.1, 0.15) is 15.2 Å². The molecule has 0 spiro atoms. The van der Waals surface area contributed by atoms with Crippen molar-refractivity contribution in [2.24, 2.45) is 0 Å². The van der Waals surface area contributed by atoms with Gasteiger partial charge in [-0.15, -0.1) is 0 Å². The molecular formula is C11H14N4O2S. The van der Waals surface area contributed by atoms with Crippen molar-refractivity contribution in [3.63, 3.8) is 0 Å². The summed E-state index contributed by atoms with van der Waals surface area (Å²) in [6, 6.07) is 1.79. The molecule has 18 heavy (non-hydrogen) atoms. The molecule has 0 bridgehead atoms. The summed E-state index contributed by atoms with van der Waals surface area (Å²) in [7, 11) is 3.71. The number of nitrogens with one attached hydrogen (secondary N) is 1. The molecule has 1 amide bonds. The molecule has 96 valence electrons. The summed E-state index contributed by atoms with van der Waals surface area (Å²) in [4.78, 5) is 18.3. The molecule has 0 atom stereocenters. The molecule has 2 aromatic heterocycles. The quantitative estimate of drug-likeness (QED) is 0.871. The second-order valence-corrected chi connectivity index (χ2v) is 4.90. The van der Waals surface area contributed by atoms with E-state index in [1.54, 1.807) is 18.6 Å². The average Bonchev–Trinajstić information content (AvgIpc) is 2.94. The van der Waals surface area contributed by atoms with Gasteiger partial charge in [0.2, 0.25) is 0 Å². The molecule has 0 fully saturated rings. The number of furan rings is 1. The SMILES string of the molecule is CN(C)c1nc(N)c(C(=O)NCc2ccoc2)s1. The lowest BCUT2D eigenvalue weighted by atomic mass is 10.3.